The van der Waals surface area contributed by atoms with Crippen molar-refractivity contribution in [2.45, 2.75) is 77.0 Å². The van der Waals surface area contributed by atoms with Gasteiger partial charge in [-0.15, -0.1) is 0 Å². The van der Waals surface area contributed by atoms with Crippen LogP contribution >= 0.6 is 24.0 Å². The molecule has 2 aliphatic carbocycles. The quantitative estimate of drug-likeness (QED) is 0.708. The molecule has 0 radical (unpaired) electrons. The molecule has 0 aromatic heterocycles. The largest absolute Gasteiger partial charge is 0.385 e. The molecule has 0 aliphatic heterocycles. The smallest absolute Gasteiger partial charge is 0.131 e. The van der Waals surface area contributed by atoms with Gasteiger partial charge in [-0.2, -0.15) is 0 Å². The minimum Gasteiger partial charge on any atom is -0.385 e. The molecule has 2 nitrogen and oxygen atoms in total. The lowest BCUT2D eigenvalue weighted by molar-refractivity contribution is 0.343. The van der Waals surface area contributed by atoms with Crippen LogP contribution < -0.4 is 11.5 Å². The molecular weight excluding hydrogens is 296 g/mol. The van der Waals surface area contributed by atoms with Gasteiger partial charge in [0.15, 0.2) is 0 Å². The van der Waals surface area contributed by atoms with E-state index in [1.54, 1.807) is 11.8 Å². The lowest BCUT2D eigenvalue weighted by Crippen LogP contribution is -2.11. The van der Waals surface area contributed by atoms with E-state index in [4.69, 9.17) is 23.7 Å². The molecule has 2 fully saturated rings. The SMILES string of the molecule is NC(=S)SCCC1CCCCC1.NCCC1CCCCC1. The van der Waals surface area contributed by atoms with Crippen molar-refractivity contribution in [1.29, 1.82) is 0 Å². The molecule has 124 valence electrons. The van der Waals surface area contributed by atoms with E-state index in [0.717, 1.165) is 24.1 Å². The fourth-order valence-corrected chi connectivity index (χ4v) is 4.42. The summed E-state index contributed by atoms with van der Waals surface area (Å²) in [4.78, 5) is 0. The minimum atomic E-state index is 0.603. The molecule has 0 spiro atoms. The van der Waals surface area contributed by atoms with E-state index in [1.807, 2.05) is 0 Å². The average Bonchev–Trinajstić information content (AvgIpc) is 2.50. The van der Waals surface area contributed by atoms with Crippen LogP contribution in [0.1, 0.15) is 77.0 Å². The van der Waals surface area contributed by atoms with Crippen LogP contribution in [-0.4, -0.2) is 16.6 Å². The van der Waals surface area contributed by atoms with Crippen molar-refractivity contribution in [3.8, 4) is 0 Å². The Morgan fingerprint density at radius 3 is 1.76 bits per heavy atom. The Bertz CT molecular complexity index is 257. The average molecular weight is 331 g/mol. The van der Waals surface area contributed by atoms with Crippen molar-refractivity contribution < 1.29 is 0 Å². The summed E-state index contributed by atoms with van der Waals surface area (Å²) >= 11 is 6.44. The topological polar surface area (TPSA) is 52.0 Å². The van der Waals surface area contributed by atoms with Crippen molar-refractivity contribution in [1.82, 2.24) is 0 Å². The zero-order valence-corrected chi connectivity index (χ0v) is 15.2. The summed E-state index contributed by atoms with van der Waals surface area (Å²) in [6.07, 6.45) is 17.0. The second-order valence-corrected chi connectivity index (χ2v) is 8.38. The van der Waals surface area contributed by atoms with Gasteiger partial charge in [0, 0.05) is 5.75 Å². The van der Waals surface area contributed by atoms with Crippen LogP contribution in [0.4, 0.5) is 0 Å². The molecule has 4 heteroatoms. The second-order valence-electron chi connectivity index (χ2n) is 6.54. The van der Waals surface area contributed by atoms with Gasteiger partial charge in [-0.3, -0.25) is 0 Å². The van der Waals surface area contributed by atoms with Crippen LogP contribution in [0.25, 0.3) is 0 Å². The predicted octanol–water partition coefficient (Wildman–Crippen LogP) is 4.85. The van der Waals surface area contributed by atoms with Gasteiger partial charge < -0.3 is 11.5 Å². The number of rotatable bonds is 5. The summed E-state index contributed by atoms with van der Waals surface area (Å²) in [5.41, 5.74) is 10.9. The number of hydrogen-bond donors (Lipinski definition) is 2. The molecule has 2 aliphatic rings. The molecule has 21 heavy (non-hydrogen) atoms. The molecule has 0 aromatic carbocycles. The van der Waals surface area contributed by atoms with Crippen LogP contribution in [0.5, 0.6) is 0 Å². The van der Waals surface area contributed by atoms with Gasteiger partial charge in [-0.05, 0) is 31.2 Å². The van der Waals surface area contributed by atoms with Crippen LogP contribution in [-0.2, 0) is 0 Å². The van der Waals surface area contributed by atoms with Gasteiger partial charge in [-0.25, -0.2) is 0 Å². The Balaban J connectivity index is 0.000000219. The van der Waals surface area contributed by atoms with Crippen LogP contribution in [0.3, 0.4) is 0 Å². The van der Waals surface area contributed by atoms with Crippen LogP contribution in [0.15, 0.2) is 0 Å². The lowest BCUT2D eigenvalue weighted by atomic mass is 9.87. The normalized spacial score (nSPS) is 20.6. The summed E-state index contributed by atoms with van der Waals surface area (Å²) in [5, 5.41) is 0. The Labute approximate surface area is 141 Å². The molecular formula is C17H34N2S2. The third-order valence-corrected chi connectivity index (χ3v) is 5.87. The summed E-state index contributed by atoms with van der Waals surface area (Å²) < 4.78 is 0.603. The van der Waals surface area contributed by atoms with Crippen LogP contribution in [0, 0.1) is 11.8 Å². The zero-order chi connectivity index (χ0) is 15.3. The van der Waals surface area contributed by atoms with Crippen molar-refractivity contribution in [3.63, 3.8) is 0 Å². The summed E-state index contributed by atoms with van der Waals surface area (Å²) in [7, 11) is 0. The highest BCUT2D eigenvalue weighted by Gasteiger charge is 2.12. The van der Waals surface area contributed by atoms with E-state index in [0.29, 0.717) is 4.32 Å². The van der Waals surface area contributed by atoms with Crippen molar-refractivity contribution >= 4 is 28.3 Å². The van der Waals surface area contributed by atoms with Gasteiger partial charge in [0.2, 0.25) is 0 Å². The Morgan fingerprint density at radius 2 is 1.33 bits per heavy atom. The first-order valence-electron chi connectivity index (χ1n) is 8.84. The molecule has 0 aromatic rings. The highest BCUT2D eigenvalue weighted by molar-refractivity contribution is 8.22. The maximum absolute atomic E-state index is 5.46. The number of hydrogen-bond acceptors (Lipinski definition) is 3. The minimum absolute atomic E-state index is 0.603. The third kappa shape index (κ3) is 10.5. The van der Waals surface area contributed by atoms with Crippen molar-refractivity contribution in [2.75, 3.05) is 12.3 Å². The standard InChI is InChI=1S/C9H17NS2.C8H17N/c10-9(11)12-7-6-8-4-2-1-3-5-8;9-7-6-8-4-2-1-3-5-8/h8H,1-7H2,(H2,10,11);8H,1-7,9H2. The highest BCUT2D eigenvalue weighted by atomic mass is 32.2. The predicted molar refractivity (Wildman–Crippen MR) is 101 cm³/mol. The van der Waals surface area contributed by atoms with Crippen molar-refractivity contribution in [2.24, 2.45) is 23.3 Å². The van der Waals surface area contributed by atoms with E-state index in [-0.39, 0.29) is 0 Å². The molecule has 0 saturated heterocycles. The molecule has 2 saturated carbocycles. The molecule has 0 heterocycles. The van der Waals surface area contributed by atoms with E-state index in [2.05, 4.69) is 0 Å². The summed E-state index contributed by atoms with van der Waals surface area (Å²) in [6, 6.07) is 0. The first kappa shape index (κ1) is 19.2. The van der Waals surface area contributed by atoms with E-state index >= 15 is 0 Å². The van der Waals surface area contributed by atoms with Gasteiger partial charge in [0.25, 0.3) is 0 Å². The lowest BCUT2D eigenvalue weighted by Gasteiger charge is -2.20. The van der Waals surface area contributed by atoms with Gasteiger partial charge in [-0.1, -0.05) is 88.2 Å². The van der Waals surface area contributed by atoms with Gasteiger partial charge in [0.05, 0.1) is 0 Å². The molecule has 0 atom stereocenters. The van der Waals surface area contributed by atoms with E-state index in [9.17, 15) is 0 Å². The molecule has 4 N–H and O–H groups in total. The van der Waals surface area contributed by atoms with Gasteiger partial charge >= 0.3 is 0 Å². The van der Waals surface area contributed by atoms with Gasteiger partial charge in [0.1, 0.15) is 4.32 Å². The first-order valence-corrected chi connectivity index (χ1v) is 10.2. The Morgan fingerprint density at radius 1 is 0.857 bits per heavy atom. The maximum Gasteiger partial charge on any atom is 0.131 e. The second kappa shape index (κ2) is 12.7. The zero-order valence-electron chi connectivity index (χ0n) is 13.5. The summed E-state index contributed by atoms with van der Waals surface area (Å²) in [5.74, 6) is 3.06. The third-order valence-electron chi connectivity index (χ3n) is 4.79. The Kier molecular flexibility index (Phi) is 11.7. The number of thioether (sulfide) groups is 1. The maximum atomic E-state index is 5.46. The van der Waals surface area contributed by atoms with Crippen LogP contribution in [0.2, 0.25) is 0 Å². The number of thiocarbonyl (C=S) groups is 1. The van der Waals surface area contributed by atoms with E-state index in [1.165, 1.54) is 77.0 Å². The molecule has 2 rings (SSSR count). The molecule has 0 amide bonds. The number of nitrogens with two attached hydrogens (primary N) is 2. The Hall–Kier alpha value is 0.200. The first-order chi connectivity index (χ1) is 10.2. The molecule has 0 bridgehead atoms. The summed E-state index contributed by atoms with van der Waals surface area (Å²) in [6.45, 7) is 0.894. The monoisotopic (exact) mass is 330 g/mol. The molecule has 0 unspecified atom stereocenters. The van der Waals surface area contributed by atoms with E-state index < -0.39 is 0 Å². The fraction of sp³-hybridized carbons (Fsp3) is 0.941. The van der Waals surface area contributed by atoms with Crippen molar-refractivity contribution in [3.05, 3.63) is 0 Å². The fourth-order valence-electron chi connectivity index (χ4n) is 3.51. The highest BCUT2D eigenvalue weighted by Crippen LogP contribution is 2.27.